The van der Waals surface area contributed by atoms with Gasteiger partial charge in [0.25, 0.3) is 0 Å². The van der Waals surface area contributed by atoms with Gasteiger partial charge < -0.3 is 15.2 Å². The molecule has 0 aliphatic rings. The van der Waals surface area contributed by atoms with Crippen molar-refractivity contribution in [3.8, 4) is 11.4 Å². The van der Waals surface area contributed by atoms with Crippen LogP contribution in [0.15, 0.2) is 53.3 Å². The summed E-state index contributed by atoms with van der Waals surface area (Å²) in [5.74, 6) is 0.848. The van der Waals surface area contributed by atoms with Crippen molar-refractivity contribution < 1.29 is 9.32 Å². The minimum atomic E-state index is -0.0886. The van der Waals surface area contributed by atoms with E-state index in [0.29, 0.717) is 18.1 Å². The Kier molecular flexibility index (Phi) is 6.05. The molecule has 3 aromatic rings. The molecule has 3 rings (SSSR count). The van der Waals surface area contributed by atoms with Crippen molar-refractivity contribution in [3.05, 3.63) is 60.2 Å². The molecule has 134 valence electrons. The van der Waals surface area contributed by atoms with E-state index in [0.717, 1.165) is 29.9 Å². The van der Waals surface area contributed by atoms with Crippen molar-refractivity contribution in [2.24, 2.45) is 0 Å². The summed E-state index contributed by atoms with van der Waals surface area (Å²) in [6.07, 6.45) is 4.00. The minimum absolute atomic E-state index is 0.0886. The number of rotatable bonds is 8. The maximum atomic E-state index is 12.2. The van der Waals surface area contributed by atoms with Crippen molar-refractivity contribution in [1.29, 1.82) is 0 Å². The largest absolute Gasteiger partial charge is 0.339 e. The fourth-order valence-corrected chi connectivity index (χ4v) is 2.45. The van der Waals surface area contributed by atoms with Crippen LogP contribution in [0.4, 0.5) is 5.69 Å². The molecule has 0 saturated heterocycles. The molecular weight excluding hydrogens is 330 g/mol. The fourth-order valence-electron chi connectivity index (χ4n) is 2.45. The number of carbonyl (C=O) groups is 1. The molecule has 26 heavy (non-hydrogen) atoms. The third-order valence-corrected chi connectivity index (χ3v) is 3.76. The zero-order chi connectivity index (χ0) is 18.2. The highest BCUT2D eigenvalue weighted by molar-refractivity contribution is 5.90. The van der Waals surface area contributed by atoms with E-state index in [2.05, 4.69) is 32.7 Å². The fraction of sp³-hybridized carbons (Fsp3) is 0.263. The summed E-state index contributed by atoms with van der Waals surface area (Å²) >= 11 is 0. The molecule has 0 aliphatic carbocycles. The second-order valence-corrected chi connectivity index (χ2v) is 5.78. The molecular formula is C19H21N5O2. The van der Waals surface area contributed by atoms with Gasteiger partial charge in [-0.2, -0.15) is 4.98 Å². The second-order valence-electron chi connectivity index (χ2n) is 5.78. The van der Waals surface area contributed by atoms with E-state index in [1.807, 2.05) is 36.4 Å². The number of pyridine rings is 1. The Morgan fingerprint density at radius 2 is 2.04 bits per heavy atom. The van der Waals surface area contributed by atoms with Crippen LogP contribution in [0.2, 0.25) is 0 Å². The van der Waals surface area contributed by atoms with Crippen molar-refractivity contribution >= 4 is 11.6 Å². The highest BCUT2D eigenvalue weighted by Gasteiger charge is 2.11. The number of aromatic nitrogens is 3. The van der Waals surface area contributed by atoms with Crippen LogP contribution in [0.3, 0.4) is 0 Å². The topological polar surface area (TPSA) is 92.9 Å². The van der Waals surface area contributed by atoms with Crippen molar-refractivity contribution in [3.63, 3.8) is 0 Å². The molecule has 7 nitrogen and oxygen atoms in total. The summed E-state index contributed by atoms with van der Waals surface area (Å²) in [5.41, 5.74) is 2.74. The van der Waals surface area contributed by atoms with Gasteiger partial charge in [0.15, 0.2) is 0 Å². The monoisotopic (exact) mass is 351 g/mol. The van der Waals surface area contributed by atoms with Crippen LogP contribution in [0.25, 0.3) is 11.4 Å². The van der Waals surface area contributed by atoms with Gasteiger partial charge in [-0.25, -0.2) is 0 Å². The zero-order valence-corrected chi connectivity index (χ0v) is 14.6. The van der Waals surface area contributed by atoms with Gasteiger partial charge in [-0.3, -0.25) is 9.78 Å². The maximum Gasteiger partial charge on any atom is 0.227 e. The Bertz CT molecular complexity index is 848. The van der Waals surface area contributed by atoms with Crippen molar-refractivity contribution in [2.45, 2.75) is 26.3 Å². The third-order valence-electron chi connectivity index (χ3n) is 3.76. The number of aryl methyl sites for hydroxylation is 1. The molecule has 0 radical (unpaired) electrons. The van der Waals surface area contributed by atoms with Crippen molar-refractivity contribution in [2.75, 3.05) is 11.9 Å². The first-order chi connectivity index (χ1) is 12.7. The zero-order valence-electron chi connectivity index (χ0n) is 14.6. The highest BCUT2D eigenvalue weighted by atomic mass is 16.5. The first-order valence-electron chi connectivity index (χ1n) is 8.57. The molecule has 7 heteroatoms. The van der Waals surface area contributed by atoms with Crippen LogP contribution < -0.4 is 10.6 Å². The minimum Gasteiger partial charge on any atom is -0.339 e. The summed E-state index contributed by atoms with van der Waals surface area (Å²) in [5, 5.41) is 10.1. The number of hydrogen-bond acceptors (Lipinski definition) is 6. The van der Waals surface area contributed by atoms with Crippen LogP contribution in [-0.2, 0) is 17.8 Å². The summed E-state index contributed by atoms with van der Waals surface area (Å²) in [7, 11) is 0. The number of nitrogens with zero attached hydrogens (tertiary/aromatic N) is 3. The van der Waals surface area contributed by atoms with Crippen LogP contribution in [0.1, 0.15) is 24.8 Å². The number of carbonyl (C=O) groups excluding carboxylic acids is 1. The normalized spacial score (nSPS) is 10.7. The predicted octanol–water partition coefficient (Wildman–Crippen LogP) is 2.81. The van der Waals surface area contributed by atoms with Gasteiger partial charge in [-0.05, 0) is 36.4 Å². The highest BCUT2D eigenvalue weighted by Crippen LogP contribution is 2.15. The Morgan fingerprint density at radius 1 is 1.19 bits per heavy atom. The number of benzene rings is 1. The SMILES string of the molecule is CCNCc1cccc(NC(=O)CCc2nc(-c3ccncc3)no2)c1. The van der Waals surface area contributed by atoms with E-state index in [9.17, 15) is 4.79 Å². The van der Waals surface area contributed by atoms with Gasteiger partial charge in [0, 0.05) is 43.0 Å². The number of amides is 1. The lowest BCUT2D eigenvalue weighted by Gasteiger charge is -2.07. The summed E-state index contributed by atoms with van der Waals surface area (Å²) in [6.45, 7) is 3.74. The van der Waals surface area contributed by atoms with Crippen LogP contribution in [0.5, 0.6) is 0 Å². The van der Waals surface area contributed by atoms with Gasteiger partial charge in [-0.1, -0.05) is 24.2 Å². The molecule has 0 atom stereocenters. The van der Waals surface area contributed by atoms with Crippen LogP contribution >= 0.6 is 0 Å². The molecule has 1 amide bonds. The molecule has 0 spiro atoms. The van der Waals surface area contributed by atoms with Crippen LogP contribution in [0, 0.1) is 0 Å². The average molecular weight is 351 g/mol. The molecule has 2 aromatic heterocycles. The lowest BCUT2D eigenvalue weighted by molar-refractivity contribution is -0.116. The molecule has 0 fully saturated rings. The Labute approximate surface area is 151 Å². The smallest absolute Gasteiger partial charge is 0.227 e. The molecule has 0 bridgehead atoms. The third kappa shape index (κ3) is 4.97. The molecule has 2 heterocycles. The number of nitrogens with one attached hydrogen (secondary N) is 2. The van der Waals surface area contributed by atoms with E-state index in [4.69, 9.17) is 4.52 Å². The summed E-state index contributed by atoms with van der Waals surface area (Å²) < 4.78 is 5.21. The van der Waals surface area contributed by atoms with E-state index >= 15 is 0 Å². The first kappa shape index (κ1) is 17.8. The predicted molar refractivity (Wildman–Crippen MR) is 98.3 cm³/mol. The average Bonchev–Trinajstić information content (AvgIpc) is 3.15. The summed E-state index contributed by atoms with van der Waals surface area (Å²) in [6, 6.07) is 11.4. The lowest BCUT2D eigenvalue weighted by Crippen LogP contribution is -2.14. The van der Waals surface area contributed by atoms with Gasteiger partial charge >= 0.3 is 0 Å². The molecule has 0 saturated carbocycles. The van der Waals surface area contributed by atoms with Gasteiger partial charge in [0.05, 0.1) is 0 Å². The van der Waals surface area contributed by atoms with Gasteiger partial charge in [0.2, 0.25) is 17.6 Å². The van der Waals surface area contributed by atoms with Gasteiger partial charge in [0.1, 0.15) is 0 Å². The maximum absolute atomic E-state index is 12.2. The standard InChI is InChI=1S/C19H21N5O2/c1-2-20-13-14-4-3-5-16(12-14)22-17(25)6-7-18-23-19(24-26-18)15-8-10-21-11-9-15/h3-5,8-12,20H,2,6-7,13H2,1H3,(H,22,25). The van der Waals surface area contributed by atoms with E-state index in [1.54, 1.807) is 12.4 Å². The second kappa shape index (κ2) is 8.87. The van der Waals surface area contributed by atoms with E-state index in [1.165, 1.54) is 0 Å². The van der Waals surface area contributed by atoms with Gasteiger partial charge in [-0.15, -0.1) is 0 Å². The van der Waals surface area contributed by atoms with Crippen LogP contribution in [-0.4, -0.2) is 27.6 Å². The molecule has 2 N–H and O–H groups in total. The Hall–Kier alpha value is -3.06. The lowest BCUT2D eigenvalue weighted by atomic mass is 10.2. The van der Waals surface area contributed by atoms with Crippen molar-refractivity contribution in [1.82, 2.24) is 20.4 Å². The summed E-state index contributed by atoms with van der Waals surface area (Å²) in [4.78, 5) is 20.4. The Balaban J connectivity index is 1.52. The molecule has 1 aromatic carbocycles. The molecule has 0 aliphatic heterocycles. The van der Waals surface area contributed by atoms with E-state index in [-0.39, 0.29) is 12.3 Å². The molecule has 0 unspecified atom stereocenters. The number of hydrogen-bond donors (Lipinski definition) is 2. The first-order valence-corrected chi connectivity index (χ1v) is 8.57. The quantitative estimate of drug-likeness (QED) is 0.648. The number of anilines is 1. The van der Waals surface area contributed by atoms with E-state index < -0.39 is 0 Å². The Morgan fingerprint density at radius 3 is 2.85 bits per heavy atom.